The Hall–Kier alpha value is -2.31. The molecule has 0 aromatic heterocycles. The van der Waals surface area contributed by atoms with E-state index in [-0.39, 0.29) is 0 Å². The zero-order valence-electron chi connectivity index (χ0n) is 15.3. The van der Waals surface area contributed by atoms with E-state index < -0.39 is 0 Å². The van der Waals surface area contributed by atoms with E-state index in [4.69, 9.17) is 21.7 Å². The summed E-state index contributed by atoms with van der Waals surface area (Å²) in [5, 5.41) is 4.16. The Balaban J connectivity index is 1.60. The van der Waals surface area contributed by atoms with E-state index in [1.165, 1.54) is 10.5 Å². The molecule has 1 heterocycles. The number of hydrogen-bond donors (Lipinski definition) is 2. The van der Waals surface area contributed by atoms with Crippen molar-refractivity contribution in [1.29, 1.82) is 0 Å². The van der Waals surface area contributed by atoms with Crippen LogP contribution in [0.4, 0.5) is 0 Å². The van der Waals surface area contributed by atoms with Crippen LogP contribution < -0.4 is 19.7 Å². The average molecular weight is 373 g/mol. The highest BCUT2D eigenvalue weighted by Gasteiger charge is 2.15. The van der Waals surface area contributed by atoms with Gasteiger partial charge in [-0.2, -0.15) is 0 Å². The average Bonchev–Trinajstić information content (AvgIpc) is 3.11. The second-order valence-electron chi connectivity index (χ2n) is 6.71. The van der Waals surface area contributed by atoms with Crippen LogP contribution in [0.1, 0.15) is 11.1 Å². The van der Waals surface area contributed by atoms with E-state index in [9.17, 15) is 0 Å². The van der Waals surface area contributed by atoms with Crippen LogP contribution in [0.2, 0.25) is 0 Å². The van der Waals surface area contributed by atoms with Crippen LogP contribution in [0.25, 0.3) is 0 Å². The summed E-state index contributed by atoms with van der Waals surface area (Å²) in [6.07, 6.45) is 0. The summed E-state index contributed by atoms with van der Waals surface area (Å²) in [5.41, 5.74) is 2.38. The van der Waals surface area contributed by atoms with Crippen molar-refractivity contribution in [2.45, 2.75) is 13.1 Å². The molecule has 1 aliphatic rings. The third-order valence-electron chi connectivity index (χ3n) is 4.27. The van der Waals surface area contributed by atoms with Gasteiger partial charge in [0.1, 0.15) is 0 Å². The summed E-state index contributed by atoms with van der Waals surface area (Å²) in [4.78, 5) is 3.63. The third-order valence-corrected chi connectivity index (χ3v) is 4.67. The van der Waals surface area contributed by atoms with Gasteiger partial charge in [-0.05, 0) is 35.5 Å². The topological polar surface area (TPSA) is 38.2 Å². The van der Waals surface area contributed by atoms with Crippen molar-refractivity contribution < 1.29 is 14.4 Å². The van der Waals surface area contributed by atoms with Gasteiger partial charge in [0.25, 0.3) is 0 Å². The second-order valence-corrected chi connectivity index (χ2v) is 7.10. The fourth-order valence-corrected chi connectivity index (χ4v) is 2.98. The lowest BCUT2D eigenvalue weighted by Gasteiger charge is -2.26. The van der Waals surface area contributed by atoms with Crippen molar-refractivity contribution in [3.05, 3.63) is 59.7 Å². The predicted molar refractivity (Wildman–Crippen MR) is 107 cm³/mol. The number of quaternary nitrogens is 1. The highest BCUT2D eigenvalue weighted by molar-refractivity contribution is 7.80. The second kappa shape index (κ2) is 8.87. The van der Waals surface area contributed by atoms with E-state index in [1.807, 2.05) is 24.3 Å². The summed E-state index contributed by atoms with van der Waals surface area (Å²) < 4.78 is 10.8. The SMILES string of the molecule is C[NH+](C)CCN(Cc1ccccc1)C(=S)NCc1ccc2c(c1)OCO2. The van der Waals surface area contributed by atoms with Crippen molar-refractivity contribution >= 4 is 17.3 Å². The van der Waals surface area contributed by atoms with Gasteiger partial charge in [-0.25, -0.2) is 0 Å². The molecule has 0 unspecified atom stereocenters. The molecule has 0 aliphatic carbocycles. The van der Waals surface area contributed by atoms with Gasteiger partial charge in [-0.3, -0.25) is 0 Å². The van der Waals surface area contributed by atoms with Crippen LogP contribution in [0.15, 0.2) is 48.5 Å². The molecule has 5 nitrogen and oxygen atoms in total. The molecule has 1 aliphatic heterocycles. The van der Waals surface area contributed by atoms with Crippen LogP contribution >= 0.6 is 12.2 Å². The molecule has 2 aromatic carbocycles. The fraction of sp³-hybridized carbons (Fsp3) is 0.350. The zero-order valence-corrected chi connectivity index (χ0v) is 16.1. The first kappa shape index (κ1) is 18.5. The number of fused-ring (bicyclic) bond motifs is 1. The summed E-state index contributed by atoms with van der Waals surface area (Å²) in [7, 11) is 4.31. The zero-order chi connectivity index (χ0) is 18.4. The van der Waals surface area contributed by atoms with Gasteiger partial charge in [-0.15, -0.1) is 0 Å². The first-order chi connectivity index (χ1) is 12.6. The molecule has 138 valence electrons. The van der Waals surface area contributed by atoms with Gasteiger partial charge >= 0.3 is 0 Å². The molecule has 0 saturated heterocycles. The van der Waals surface area contributed by atoms with E-state index in [0.717, 1.165) is 41.8 Å². The van der Waals surface area contributed by atoms with Gasteiger partial charge in [0.2, 0.25) is 6.79 Å². The lowest BCUT2D eigenvalue weighted by Crippen LogP contribution is -3.06. The van der Waals surface area contributed by atoms with Gasteiger partial charge in [0, 0.05) is 13.1 Å². The molecule has 0 amide bonds. The molecule has 0 fully saturated rings. The molecule has 0 saturated carbocycles. The Bertz CT molecular complexity index is 737. The number of ether oxygens (including phenoxy) is 2. The molecule has 0 atom stereocenters. The highest BCUT2D eigenvalue weighted by Crippen LogP contribution is 2.32. The lowest BCUT2D eigenvalue weighted by molar-refractivity contribution is -0.857. The number of nitrogens with one attached hydrogen (secondary N) is 2. The third kappa shape index (κ3) is 5.09. The molecule has 0 radical (unpaired) electrons. The van der Waals surface area contributed by atoms with Gasteiger partial charge in [0.05, 0.1) is 27.2 Å². The fourth-order valence-electron chi connectivity index (χ4n) is 2.76. The van der Waals surface area contributed by atoms with Crippen molar-refractivity contribution in [3.8, 4) is 11.5 Å². The minimum Gasteiger partial charge on any atom is -0.454 e. The molecule has 3 rings (SSSR count). The summed E-state index contributed by atoms with van der Waals surface area (Å²) in [6.45, 7) is 3.70. The largest absolute Gasteiger partial charge is 0.454 e. The van der Waals surface area contributed by atoms with Gasteiger partial charge in [0.15, 0.2) is 16.6 Å². The maximum Gasteiger partial charge on any atom is 0.231 e. The molecule has 2 aromatic rings. The van der Waals surface area contributed by atoms with Crippen molar-refractivity contribution in [2.24, 2.45) is 0 Å². The van der Waals surface area contributed by atoms with Crippen LogP contribution in [0, 0.1) is 0 Å². The van der Waals surface area contributed by atoms with Crippen LogP contribution in [-0.4, -0.2) is 44.0 Å². The predicted octanol–water partition coefficient (Wildman–Crippen LogP) is 1.44. The molecular weight excluding hydrogens is 346 g/mol. The van der Waals surface area contributed by atoms with E-state index in [2.05, 4.69) is 48.6 Å². The summed E-state index contributed by atoms with van der Waals surface area (Å²) >= 11 is 5.67. The molecule has 2 N–H and O–H groups in total. The van der Waals surface area contributed by atoms with Gasteiger partial charge < -0.3 is 24.6 Å². The van der Waals surface area contributed by atoms with Crippen LogP contribution in [0.5, 0.6) is 11.5 Å². The summed E-state index contributed by atoms with van der Waals surface area (Å²) in [5.74, 6) is 1.60. The normalized spacial score (nSPS) is 12.3. The minimum atomic E-state index is 0.294. The number of likely N-dealkylation sites (N-methyl/N-ethyl adjacent to an activating group) is 1. The Morgan fingerprint density at radius 1 is 1.08 bits per heavy atom. The van der Waals surface area contributed by atoms with Crippen molar-refractivity contribution in [2.75, 3.05) is 34.0 Å². The van der Waals surface area contributed by atoms with E-state index in [1.54, 1.807) is 0 Å². The Labute approximate surface area is 160 Å². The summed E-state index contributed by atoms with van der Waals surface area (Å²) in [6, 6.07) is 16.4. The number of benzene rings is 2. The Morgan fingerprint density at radius 2 is 1.85 bits per heavy atom. The van der Waals surface area contributed by atoms with E-state index >= 15 is 0 Å². The first-order valence-electron chi connectivity index (χ1n) is 8.86. The quantitative estimate of drug-likeness (QED) is 0.720. The maximum absolute atomic E-state index is 5.67. The molecule has 0 spiro atoms. The number of nitrogens with zero attached hydrogens (tertiary/aromatic N) is 1. The number of rotatable bonds is 7. The molecule has 26 heavy (non-hydrogen) atoms. The minimum absolute atomic E-state index is 0.294. The highest BCUT2D eigenvalue weighted by atomic mass is 32.1. The standard InChI is InChI=1S/C20H25N3O2S/c1-22(2)10-11-23(14-16-6-4-3-5-7-16)20(26)21-13-17-8-9-18-19(12-17)25-15-24-18/h3-9,12H,10-11,13-15H2,1-2H3,(H,21,26)/p+1. The monoisotopic (exact) mass is 372 g/mol. The number of hydrogen-bond acceptors (Lipinski definition) is 3. The molecule has 0 bridgehead atoms. The molecular formula is C20H26N3O2S+. The maximum atomic E-state index is 5.67. The lowest BCUT2D eigenvalue weighted by atomic mass is 10.2. The number of thiocarbonyl (C=S) groups is 1. The Kier molecular flexibility index (Phi) is 6.30. The Morgan fingerprint density at radius 3 is 2.62 bits per heavy atom. The van der Waals surface area contributed by atoms with Crippen LogP contribution in [-0.2, 0) is 13.1 Å². The van der Waals surface area contributed by atoms with Gasteiger partial charge in [-0.1, -0.05) is 36.4 Å². The van der Waals surface area contributed by atoms with Crippen LogP contribution in [0.3, 0.4) is 0 Å². The molecule has 6 heteroatoms. The van der Waals surface area contributed by atoms with Crippen molar-refractivity contribution in [1.82, 2.24) is 10.2 Å². The first-order valence-corrected chi connectivity index (χ1v) is 9.27. The van der Waals surface area contributed by atoms with Crippen molar-refractivity contribution in [3.63, 3.8) is 0 Å². The smallest absolute Gasteiger partial charge is 0.231 e. The van der Waals surface area contributed by atoms with E-state index in [0.29, 0.717) is 13.3 Å².